The van der Waals surface area contributed by atoms with E-state index in [1.807, 2.05) is 0 Å². The van der Waals surface area contributed by atoms with E-state index in [0.29, 0.717) is 17.8 Å². The number of rotatable bonds is 5. The first-order valence-corrected chi connectivity index (χ1v) is 6.39. The van der Waals surface area contributed by atoms with Crippen molar-refractivity contribution in [1.29, 1.82) is 0 Å². The average molecular weight is 281 g/mol. The van der Waals surface area contributed by atoms with Gasteiger partial charge in [-0.05, 0) is 37.3 Å². The van der Waals surface area contributed by atoms with Gasteiger partial charge in [0.2, 0.25) is 0 Å². The Morgan fingerprint density at radius 3 is 2.33 bits per heavy atom. The molecule has 1 amide bonds. The molecule has 106 valence electrons. The summed E-state index contributed by atoms with van der Waals surface area (Å²) in [4.78, 5) is 33.7. The molecule has 2 aromatic heterocycles. The van der Waals surface area contributed by atoms with Crippen LogP contribution >= 0.6 is 0 Å². The molecule has 0 aliphatic heterocycles. The van der Waals surface area contributed by atoms with Gasteiger partial charge in [0.15, 0.2) is 6.29 Å². The van der Waals surface area contributed by atoms with E-state index < -0.39 is 11.4 Å². The number of amides is 1. The van der Waals surface area contributed by atoms with Crippen molar-refractivity contribution in [3.63, 3.8) is 0 Å². The zero-order valence-electron chi connectivity index (χ0n) is 11.6. The van der Waals surface area contributed by atoms with E-state index in [2.05, 4.69) is 16.5 Å². The third kappa shape index (κ3) is 2.72. The number of pyridine rings is 2. The molecule has 0 saturated carbocycles. The quantitative estimate of drug-likeness (QED) is 0.622. The second-order valence-corrected chi connectivity index (χ2v) is 4.55. The number of anilines is 1. The molecular formula is C16H15N3O2. The number of carbonyl (C=O) groups excluding carboxylic acids is 2. The van der Waals surface area contributed by atoms with Crippen molar-refractivity contribution < 1.29 is 9.59 Å². The lowest BCUT2D eigenvalue weighted by atomic mass is 9.96. The molecule has 0 aliphatic rings. The smallest absolute Gasteiger partial charge is 0.252 e. The van der Waals surface area contributed by atoms with Crippen LogP contribution in [0, 0.1) is 0 Å². The summed E-state index contributed by atoms with van der Waals surface area (Å²) in [7, 11) is 0. The molecule has 5 nitrogen and oxygen atoms in total. The highest BCUT2D eigenvalue weighted by molar-refractivity contribution is 6.04. The second-order valence-electron chi connectivity index (χ2n) is 4.55. The maximum Gasteiger partial charge on any atom is 0.252 e. The van der Waals surface area contributed by atoms with Crippen molar-refractivity contribution in [2.75, 3.05) is 4.90 Å². The van der Waals surface area contributed by atoms with Crippen molar-refractivity contribution in [2.24, 2.45) is 0 Å². The Kier molecular flexibility index (Phi) is 4.23. The fourth-order valence-corrected chi connectivity index (χ4v) is 2.05. The van der Waals surface area contributed by atoms with Crippen LogP contribution in [-0.2, 0) is 15.1 Å². The van der Waals surface area contributed by atoms with Crippen LogP contribution in [0.25, 0.3) is 0 Å². The molecule has 0 N–H and O–H groups in total. The van der Waals surface area contributed by atoms with Crippen LogP contribution in [-0.4, -0.2) is 22.2 Å². The molecule has 2 heterocycles. The van der Waals surface area contributed by atoms with Gasteiger partial charge >= 0.3 is 0 Å². The average Bonchev–Trinajstić information content (AvgIpc) is 2.56. The number of aromatic nitrogens is 2. The molecule has 0 aliphatic carbocycles. The Balaban J connectivity index is 2.61. The van der Waals surface area contributed by atoms with Crippen molar-refractivity contribution in [2.45, 2.75) is 12.5 Å². The van der Waals surface area contributed by atoms with Gasteiger partial charge < -0.3 is 4.79 Å². The minimum absolute atomic E-state index is 0.364. The molecule has 0 bridgehead atoms. The molecular weight excluding hydrogens is 266 g/mol. The monoisotopic (exact) mass is 281 g/mol. The van der Waals surface area contributed by atoms with Gasteiger partial charge in [-0.15, -0.1) is 0 Å². The van der Waals surface area contributed by atoms with Crippen LogP contribution in [0.4, 0.5) is 5.82 Å². The Morgan fingerprint density at radius 1 is 1.19 bits per heavy atom. The van der Waals surface area contributed by atoms with Gasteiger partial charge in [0, 0.05) is 12.4 Å². The zero-order valence-corrected chi connectivity index (χ0v) is 11.6. The number of nitrogens with zero attached hydrogens (tertiary/aromatic N) is 3. The molecule has 0 saturated heterocycles. The highest BCUT2D eigenvalue weighted by atomic mass is 16.2. The van der Waals surface area contributed by atoms with E-state index in [-0.39, 0.29) is 0 Å². The van der Waals surface area contributed by atoms with Gasteiger partial charge in [-0.1, -0.05) is 18.7 Å². The summed E-state index contributed by atoms with van der Waals surface area (Å²) in [5, 5.41) is 0. The summed E-state index contributed by atoms with van der Waals surface area (Å²) in [5.74, 6) is -0.0587. The fraction of sp³-hybridized carbons (Fsp3) is 0.125. The lowest BCUT2D eigenvalue weighted by molar-refractivity contribution is -0.120. The van der Waals surface area contributed by atoms with Crippen LogP contribution in [0.15, 0.2) is 61.4 Å². The largest absolute Gasteiger partial charge is 0.300 e. The van der Waals surface area contributed by atoms with Crippen LogP contribution in [0.1, 0.15) is 12.6 Å². The number of hydrogen-bond donors (Lipinski definition) is 0. The Morgan fingerprint density at radius 2 is 1.86 bits per heavy atom. The molecule has 21 heavy (non-hydrogen) atoms. The first-order valence-electron chi connectivity index (χ1n) is 6.39. The minimum atomic E-state index is -1.26. The summed E-state index contributed by atoms with van der Waals surface area (Å²) in [5.41, 5.74) is -0.804. The molecule has 5 heteroatoms. The normalized spacial score (nSPS) is 13.0. The van der Waals surface area contributed by atoms with Gasteiger partial charge in [-0.3, -0.25) is 14.7 Å². The van der Waals surface area contributed by atoms with Gasteiger partial charge in [-0.25, -0.2) is 4.98 Å². The molecule has 0 spiro atoms. The number of hydrogen-bond acceptors (Lipinski definition) is 4. The predicted molar refractivity (Wildman–Crippen MR) is 79.6 cm³/mol. The minimum Gasteiger partial charge on any atom is -0.300 e. The van der Waals surface area contributed by atoms with Gasteiger partial charge in [-0.2, -0.15) is 0 Å². The lowest BCUT2D eigenvalue weighted by Crippen LogP contribution is -2.49. The van der Waals surface area contributed by atoms with Crippen molar-refractivity contribution in [3.05, 3.63) is 67.1 Å². The Labute approximate surface area is 123 Å². The predicted octanol–water partition coefficient (Wildman–Crippen LogP) is 2.11. The molecule has 0 aromatic carbocycles. The van der Waals surface area contributed by atoms with E-state index in [1.54, 1.807) is 55.7 Å². The van der Waals surface area contributed by atoms with Crippen LogP contribution in [0.2, 0.25) is 0 Å². The highest BCUT2D eigenvalue weighted by Crippen LogP contribution is 2.29. The second kappa shape index (κ2) is 6.09. The first-order chi connectivity index (χ1) is 10.1. The van der Waals surface area contributed by atoms with E-state index in [0.717, 1.165) is 6.08 Å². The zero-order chi connectivity index (χ0) is 15.3. The van der Waals surface area contributed by atoms with Gasteiger partial charge in [0.1, 0.15) is 11.4 Å². The maximum atomic E-state index is 12.3. The topological polar surface area (TPSA) is 63.2 Å². The van der Waals surface area contributed by atoms with Crippen molar-refractivity contribution >= 4 is 18.0 Å². The lowest BCUT2D eigenvalue weighted by Gasteiger charge is -2.35. The van der Waals surface area contributed by atoms with Crippen LogP contribution < -0.4 is 4.90 Å². The summed E-state index contributed by atoms with van der Waals surface area (Å²) in [6.07, 6.45) is 4.97. The summed E-state index contributed by atoms with van der Waals surface area (Å²) in [6.45, 7) is 5.12. The first kappa shape index (κ1) is 14.6. The van der Waals surface area contributed by atoms with Crippen molar-refractivity contribution in [3.8, 4) is 0 Å². The molecule has 2 aromatic rings. The third-order valence-electron chi connectivity index (χ3n) is 3.15. The van der Waals surface area contributed by atoms with Gasteiger partial charge in [0.05, 0.1) is 5.69 Å². The SMILES string of the molecule is C=CC(=O)N(c1ccccn1)C(C)(C=O)c1ccccn1. The molecule has 1 atom stereocenters. The van der Waals surface area contributed by atoms with E-state index in [1.165, 1.54) is 4.90 Å². The maximum absolute atomic E-state index is 12.3. The van der Waals surface area contributed by atoms with Crippen LogP contribution in [0.3, 0.4) is 0 Å². The summed E-state index contributed by atoms with van der Waals surface area (Å²) >= 11 is 0. The van der Waals surface area contributed by atoms with E-state index in [4.69, 9.17) is 0 Å². The molecule has 2 rings (SSSR count). The molecule has 0 radical (unpaired) electrons. The van der Waals surface area contributed by atoms with Crippen molar-refractivity contribution in [1.82, 2.24) is 9.97 Å². The highest BCUT2D eigenvalue weighted by Gasteiger charge is 2.39. The van der Waals surface area contributed by atoms with Gasteiger partial charge in [0.25, 0.3) is 5.91 Å². The standard InChI is InChI=1S/C16H15N3O2/c1-3-15(21)19(14-9-5-7-11-18-14)16(2,12-20)13-8-4-6-10-17-13/h3-12H,1H2,2H3. The number of carbonyl (C=O) groups is 2. The summed E-state index contributed by atoms with van der Waals surface area (Å²) in [6, 6.07) is 10.3. The number of aldehydes is 1. The van der Waals surface area contributed by atoms with E-state index >= 15 is 0 Å². The van der Waals surface area contributed by atoms with Crippen LogP contribution in [0.5, 0.6) is 0 Å². The Bertz CT molecular complexity index is 643. The fourth-order valence-electron chi connectivity index (χ4n) is 2.05. The van der Waals surface area contributed by atoms with E-state index in [9.17, 15) is 9.59 Å². The summed E-state index contributed by atoms with van der Waals surface area (Å²) < 4.78 is 0. The Hall–Kier alpha value is -2.82. The molecule has 1 unspecified atom stereocenters. The molecule has 0 fully saturated rings. The third-order valence-corrected chi connectivity index (χ3v) is 3.15.